The van der Waals surface area contributed by atoms with Gasteiger partial charge in [-0.05, 0) is 24.1 Å². The third-order valence-corrected chi connectivity index (χ3v) is 2.44. The van der Waals surface area contributed by atoms with E-state index in [-0.39, 0.29) is 0 Å². The second-order valence-corrected chi connectivity index (χ2v) is 4.06. The van der Waals surface area contributed by atoms with Crippen molar-refractivity contribution in [3.63, 3.8) is 0 Å². The topological polar surface area (TPSA) is 21.3 Å². The Labute approximate surface area is 92.6 Å². The number of hydrogen-bond acceptors (Lipinski definition) is 2. The lowest BCUT2D eigenvalue weighted by atomic mass is 10.0. The van der Waals surface area contributed by atoms with E-state index >= 15 is 0 Å². The van der Waals surface area contributed by atoms with Gasteiger partial charge < -0.3 is 10.1 Å². The van der Waals surface area contributed by atoms with Crippen molar-refractivity contribution in [1.29, 1.82) is 0 Å². The Kier molecular flexibility index (Phi) is 4.63. The number of ether oxygens (including phenoxy) is 1. The average molecular weight is 207 g/mol. The number of hydrogen-bond donors (Lipinski definition) is 1. The summed E-state index contributed by atoms with van der Waals surface area (Å²) in [5.74, 6) is 0.927. The van der Waals surface area contributed by atoms with Gasteiger partial charge in [-0.15, -0.1) is 0 Å². The zero-order valence-electron chi connectivity index (χ0n) is 10.1. The molecule has 2 heteroatoms. The smallest absolute Gasteiger partial charge is 0.119 e. The molecule has 0 heterocycles. The van der Waals surface area contributed by atoms with Crippen LogP contribution in [-0.2, 0) is 0 Å². The molecule has 15 heavy (non-hydrogen) atoms. The minimum absolute atomic E-state index is 0.417. The zero-order chi connectivity index (χ0) is 11.3. The minimum atomic E-state index is 0.417. The highest BCUT2D eigenvalue weighted by atomic mass is 16.5. The second kappa shape index (κ2) is 5.76. The summed E-state index contributed by atoms with van der Waals surface area (Å²) in [6, 6.07) is 9.18. The van der Waals surface area contributed by atoms with Crippen LogP contribution in [0, 0.1) is 0 Å². The van der Waals surface area contributed by atoms with E-state index in [0.717, 1.165) is 12.2 Å². The summed E-state index contributed by atoms with van der Waals surface area (Å²) in [5, 5.41) is 3.54. The van der Waals surface area contributed by atoms with Crippen LogP contribution >= 0.6 is 0 Å². The van der Waals surface area contributed by atoms with Gasteiger partial charge in [-0.2, -0.15) is 0 Å². The van der Waals surface area contributed by atoms with Crippen LogP contribution in [0.4, 0.5) is 0 Å². The Bertz CT molecular complexity index is 296. The van der Waals surface area contributed by atoms with E-state index in [0.29, 0.717) is 12.1 Å². The summed E-state index contributed by atoms with van der Waals surface area (Å²) < 4.78 is 5.23. The van der Waals surface area contributed by atoms with E-state index < -0.39 is 0 Å². The Morgan fingerprint density at radius 1 is 1.33 bits per heavy atom. The molecular weight excluding hydrogens is 186 g/mol. The summed E-state index contributed by atoms with van der Waals surface area (Å²) in [6.45, 7) is 6.53. The van der Waals surface area contributed by atoms with Gasteiger partial charge in [-0.1, -0.05) is 32.9 Å². The van der Waals surface area contributed by atoms with Crippen molar-refractivity contribution in [2.45, 2.75) is 39.3 Å². The minimum Gasteiger partial charge on any atom is -0.497 e. The quantitative estimate of drug-likeness (QED) is 0.801. The van der Waals surface area contributed by atoms with Crippen LogP contribution in [0.3, 0.4) is 0 Å². The first kappa shape index (κ1) is 12.1. The summed E-state index contributed by atoms with van der Waals surface area (Å²) in [4.78, 5) is 0. The van der Waals surface area contributed by atoms with Crippen LogP contribution in [0.2, 0.25) is 0 Å². The van der Waals surface area contributed by atoms with E-state index in [1.165, 1.54) is 5.56 Å². The molecule has 1 rings (SSSR count). The molecule has 1 aromatic rings. The van der Waals surface area contributed by atoms with Crippen molar-refractivity contribution in [2.24, 2.45) is 0 Å². The molecule has 0 saturated carbocycles. The van der Waals surface area contributed by atoms with Gasteiger partial charge in [0, 0.05) is 12.1 Å². The van der Waals surface area contributed by atoms with Gasteiger partial charge in [0.25, 0.3) is 0 Å². The Morgan fingerprint density at radius 3 is 2.60 bits per heavy atom. The van der Waals surface area contributed by atoms with E-state index in [2.05, 4.69) is 38.2 Å². The van der Waals surface area contributed by atoms with Gasteiger partial charge in [-0.3, -0.25) is 0 Å². The molecule has 0 amide bonds. The van der Waals surface area contributed by atoms with E-state index in [1.807, 2.05) is 12.1 Å². The van der Waals surface area contributed by atoms with Gasteiger partial charge in [0.1, 0.15) is 5.75 Å². The summed E-state index contributed by atoms with van der Waals surface area (Å²) >= 11 is 0. The number of benzene rings is 1. The summed E-state index contributed by atoms with van der Waals surface area (Å²) in [5.41, 5.74) is 1.30. The SMILES string of the molecule is CCC(NC(C)C)c1cccc(OC)c1. The normalized spacial score (nSPS) is 12.9. The van der Waals surface area contributed by atoms with E-state index in [9.17, 15) is 0 Å². The fraction of sp³-hybridized carbons (Fsp3) is 0.538. The fourth-order valence-corrected chi connectivity index (χ4v) is 1.71. The highest BCUT2D eigenvalue weighted by Gasteiger charge is 2.10. The fourth-order valence-electron chi connectivity index (χ4n) is 1.71. The lowest BCUT2D eigenvalue weighted by Crippen LogP contribution is -2.27. The maximum atomic E-state index is 5.23. The maximum Gasteiger partial charge on any atom is 0.119 e. The highest BCUT2D eigenvalue weighted by Crippen LogP contribution is 2.21. The molecule has 1 atom stereocenters. The second-order valence-electron chi connectivity index (χ2n) is 4.06. The predicted molar refractivity (Wildman–Crippen MR) is 64.3 cm³/mol. The molecule has 2 nitrogen and oxygen atoms in total. The first-order valence-electron chi connectivity index (χ1n) is 5.57. The molecule has 0 spiro atoms. The van der Waals surface area contributed by atoms with Crippen molar-refractivity contribution in [2.75, 3.05) is 7.11 Å². The van der Waals surface area contributed by atoms with Crippen LogP contribution in [-0.4, -0.2) is 13.2 Å². The number of nitrogens with one attached hydrogen (secondary N) is 1. The third kappa shape index (κ3) is 3.56. The van der Waals surface area contributed by atoms with Gasteiger partial charge in [0.2, 0.25) is 0 Å². The van der Waals surface area contributed by atoms with Gasteiger partial charge in [-0.25, -0.2) is 0 Å². The molecule has 0 radical (unpaired) electrons. The number of rotatable bonds is 5. The Hall–Kier alpha value is -1.02. The third-order valence-electron chi connectivity index (χ3n) is 2.44. The van der Waals surface area contributed by atoms with Crippen molar-refractivity contribution < 1.29 is 4.74 Å². The molecular formula is C13H21NO. The highest BCUT2D eigenvalue weighted by molar-refractivity contribution is 5.30. The Morgan fingerprint density at radius 2 is 2.07 bits per heavy atom. The lowest BCUT2D eigenvalue weighted by molar-refractivity contribution is 0.411. The Balaban J connectivity index is 2.81. The predicted octanol–water partition coefficient (Wildman–Crippen LogP) is 3.14. The zero-order valence-corrected chi connectivity index (χ0v) is 10.1. The van der Waals surface area contributed by atoms with Crippen molar-refractivity contribution in [3.8, 4) is 5.75 Å². The van der Waals surface area contributed by atoms with Crippen molar-refractivity contribution >= 4 is 0 Å². The molecule has 0 fully saturated rings. The van der Waals surface area contributed by atoms with Crippen LogP contribution in [0.25, 0.3) is 0 Å². The molecule has 0 bridgehead atoms. The van der Waals surface area contributed by atoms with E-state index in [1.54, 1.807) is 7.11 Å². The number of methoxy groups -OCH3 is 1. The molecule has 84 valence electrons. The molecule has 0 aliphatic carbocycles. The van der Waals surface area contributed by atoms with Crippen molar-refractivity contribution in [1.82, 2.24) is 5.32 Å². The summed E-state index contributed by atoms with van der Waals surface area (Å²) in [7, 11) is 1.70. The molecule has 0 aliphatic rings. The molecule has 0 saturated heterocycles. The largest absolute Gasteiger partial charge is 0.497 e. The molecule has 1 unspecified atom stereocenters. The summed E-state index contributed by atoms with van der Waals surface area (Å²) in [6.07, 6.45) is 1.09. The lowest BCUT2D eigenvalue weighted by Gasteiger charge is -2.20. The monoisotopic (exact) mass is 207 g/mol. The average Bonchev–Trinajstić information content (AvgIpc) is 2.25. The first-order chi connectivity index (χ1) is 7.17. The van der Waals surface area contributed by atoms with Crippen LogP contribution < -0.4 is 10.1 Å². The molecule has 1 aromatic carbocycles. The van der Waals surface area contributed by atoms with Gasteiger partial charge in [0.05, 0.1) is 7.11 Å². The first-order valence-corrected chi connectivity index (χ1v) is 5.57. The maximum absolute atomic E-state index is 5.23. The molecule has 1 N–H and O–H groups in total. The van der Waals surface area contributed by atoms with Crippen LogP contribution in [0.5, 0.6) is 5.75 Å². The van der Waals surface area contributed by atoms with E-state index in [4.69, 9.17) is 4.74 Å². The molecule has 0 aliphatic heterocycles. The van der Waals surface area contributed by atoms with Crippen LogP contribution in [0.15, 0.2) is 24.3 Å². The molecule has 0 aromatic heterocycles. The standard InChI is InChI=1S/C13H21NO/c1-5-13(14-10(2)3)11-7-6-8-12(9-11)15-4/h6-10,13-14H,5H2,1-4H3. The van der Waals surface area contributed by atoms with Crippen LogP contribution in [0.1, 0.15) is 38.8 Å². The van der Waals surface area contributed by atoms with Gasteiger partial charge in [0.15, 0.2) is 0 Å². The van der Waals surface area contributed by atoms with Crippen molar-refractivity contribution in [3.05, 3.63) is 29.8 Å². The van der Waals surface area contributed by atoms with Gasteiger partial charge >= 0.3 is 0 Å².